The monoisotopic (exact) mass is 283 g/mol. The average Bonchev–Trinajstić information content (AvgIpc) is 2.48. The first-order valence-electron chi connectivity index (χ1n) is 7.68. The van der Waals surface area contributed by atoms with E-state index in [-0.39, 0.29) is 6.04 Å². The summed E-state index contributed by atoms with van der Waals surface area (Å²) in [6.07, 6.45) is 1.10. The molecule has 0 heterocycles. The lowest BCUT2D eigenvalue weighted by atomic mass is 9.96. The van der Waals surface area contributed by atoms with Crippen molar-refractivity contribution in [2.75, 3.05) is 6.61 Å². The fourth-order valence-electron chi connectivity index (χ4n) is 2.54. The minimum atomic E-state index is -0.152. The van der Waals surface area contributed by atoms with Gasteiger partial charge in [0, 0.05) is 5.56 Å². The summed E-state index contributed by atoms with van der Waals surface area (Å²) in [4.78, 5) is 0. The lowest BCUT2D eigenvalue weighted by molar-refractivity contribution is 0.335. The van der Waals surface area contributed by atoms with E-state index in [4.69, 9.17) is 10.5 Å². The van der Waals surface area contributed by atoms with Crippen molar-refractivity contribution in [3.8, 4) is 5.75 Å². The van der Waals surface area contributed by atoms with Gasteiger partial charge in [0.15, 0.2) is 0 Å². The molecule has 2 aromatic carbocycles. The third-order valence-electron chi connectivity index (χ3n) is 3.54. The number of nitrogens with two attached hydrogens (primary N) is 1. The fourth-order valence-corrected chi connectivity index (χ4v) is 2.54. The Balaban J connectivity index is 2.21. The van der Waals surface area contributed by atoms with E-state index in [2.05, 4.69) is 38.1 Å². The molecule has 0 bridgehead atoms. The van der Waals surface area contributed by atoms with E-state index in [1.165, 1.54) is 5.56 Å². The highest BCUT2D eigenvalue weighted by Gasteiger charge is 2.13. The lowest BCUT2D eigenvalue weighted by Gasteiger charge is -2.17. The summed E-state index contributed by atoms with van der Waals surface area (Å²) in [6.45, 7) is 7.11. The molecule has 0 amide bonds. The number of hydrogen-bond donors (Lipinski definition) is 1. The molecule has 0 aliphatic carbocycles. The van der Waals surface area contributed by atoms with E-state index in [1.54, 1.807) is 0 Å². The molecule has 0 fully saturated rings. The number of hydrogen-bond acceptors (Lipinski definition) is 2. The minimum Gasteiger partial charge on any atom is -0.494 e. The molecule has 0 spiro atoms. The summed E-state index contributed by atoms with van der Waals surface area (Å²) < 4.78 is 5.68. The molecule has 112 valence electrons. The van der Waals surface area contributed by atoms with Crippen molar-refractivity contribution in [1.29, 1.82) is 0 Å². The van der Waals surface area contributed by atoms with Gasteiger partial charge in [-0.15, -0.1) is 0 Å². The molecule has 21 heavy (non-hydrogen) atoms. The van der Waals surface area contributed by atoms with E-state index in [0.717, 1.165) is 23.3 Å². The Bertz CT molecular complexity index is 560. The van der Waals surface area contributed by atoms with Crippen molar-refractivity contribution >= 4 is 0 Å². The van der Waals surface area contributed by atoms with Gasteiger partial charge in [-0.2, -0.15) is 0 Å². The van der Waals surface area contributed by atoms with Crippen molar-refractivity contribution < 1.29 is 4.74 Å². The van der Waals surface area contributed by atoms with E-state index in [0.29, 0.717) is 12.5 Å². The third-order valence-corrected chi connectivity index (χ3v) is 3.54. The zero-order valence-corrected chi connectivity index (χ0v) is 13.2. The molecule has 2 nitrogen and oxygen atoms in total. The van der Waals surface area contributed by atoms with Gasteiger partial charge in [0.1, 0.15) is 5.75 Å². The summed E-state index contributed by atoms with van der Waals surface area (Å²) >= 11 is 0. The average molecular weight is 283 g/mol. The largest absolute Gasteiger partial charge is 0.494 e. The van der Waals surface area contributed by atoms with Gasteiger partial charge in [-0.3, -0.25) is 0 Å². The van der Waals surface area contributed by atoms with Gasteiger partial charge in [-0.25, -0.2) is 0 Å². The first kappa shape index (κ1) is 15.6. The van der Waals surface area contributed by atoms with Crippen LogP contribution in [0.4, 0.5) is 0 Å². The van der Waals surface area contributed by atoms with Crippen LogP contribution in [0.2, 0.25) is 0 Å². The summed E-state index contributed by atoms with van der Waals surface area (Å²) in [5.74, 6) is 1.54. The highest BCUT2D eigenvalue weighted by Crippen LogP contribution is 2.28. The standard InChI is InChI=1S/C19H25NO/c1-4-21-18-8-6-5-7-17(18)19(20)16-11-9-15(10-12-16)13-14(2)3/h5-12,14,19H,4,13,20H2,1-3H3. The van der Waals surface area contributed by atoms with Crippen LogP contribution in [-0.2, 0) is 6.42 Å². The van der Waals surface area contributed by atoms with E-state index < -0.39 is 0 Å². The Hall–Kier alpha value is -1.80. The van der Waals surface area contributed by atoms with Crippen LogP contribution in [0.25, 0.3) is 0 Å². The Morgan fingerprint density at radius 3 is 2.29 bits per heavy atom. The highest BCUT2D eigenvalue weighted by atomic mass is 16.5. The van der Waals surface area contributed by atoms with Crippen LogP contribution in [0, 0.1) is 5.92 Å². The van der Waals surface area contributed by atoms with Crippen LogP contribution in [0.1, 0.15) is 43.5 Å². The Morgan fingerprint density at radius 2 is 1.67 bits per heavy atom. The molecule has 0 saturated carbocycles. The number of benzene rings is 2. The second-order valence-electron chi connectivity index (χ2n) is 5.79. The van der Waals surface area contributed by atoms with Gasteiger partial charge in [-0.05, 0) is 36.5 Å². The smallest absolute Gasteiger partial charge is 0.124 e. The molecule has 1 unspecified atom stereocenters. The quantitative estimate of drug-likeness (QED) is 0.856. The molecule has 0 aliphatic heterocycles. The minimum absolute atomic E-state index is 0.152. The SMILES string of the molecule is CCOc1ccccc1C(N)c1ccc(CC(C)C)cc1. The summed E-state index contributed by atoms with van der Waals surface area (Å²) in [6, 6.07) is 16.5. The molecular formula is C19H25NO. The van der Waals surface area contributed by atoms with Crippen LogP contribution >= 0.6 is 0 Å². The highest BCUT2D eigenvalue weighted by molar-refractivity contribution is 5.41. The first-order chi connectivity index (χ1) is 10.1. The lowest BCUT2D eigenvalue weighted by Crippen LogP contribution is -2.13. The maximum Gasteiger partial charge on any atom is 0.124 e. The Kier molecular flexibility index (Phi) is 5.40. The van der Waals surface area contributed by atoms with Gasteiger partial charge in [0.2, 0.25) is 0 Å². The second-order valence-corrected chi connectivity index (χ2v) is 5.79. The summed E-state index contributed by atoms with van der Waals surface area (Å²) in [5, 5.41) is 0. The molecule has 0 aromatic heterocycles. The Labute approximate surface area is 127 Å². The molecule has 0 saturated heterocycles. The van der Waals surface area contributed by atoms with E-state index in [9.17, 15) is 0 Å². The predicted molar refractivity (Wildman–Crippen MR) is 88.6 cm³/mol. The van der Waals surface area contributed by atoms with Crippen molar-refractivity contribution in [2.24, 2.45) is 11.7 Å². The molecule has 0 radical (unpaired) electrons. The zero-order chi connectivity index (χ0) is 15.2. The van der Waals surface area contributed by atoms with Gasteiger partial charge in [0.05, 0.1) is 12.6 Å². The predicted octanol–water partition coefficient (Wildman–Crippen LogP) is 4.33. The van der Waals surface area contributed by atoms with Gasteiger partial charge in [0.25, 0.3) is 0 Å². The molecule has 2 heteroatoms. The second kappa shape index (κ2) is 7.28. The molecule has 2 rings (SSSR count). The summed E-state index contributed by atoms with van der Waals surface area (Å²) in [7, 11) is 0. The van der Waals surface area contributed by atoms with Crippen LogP contribution in [0.15, 0.2) is 48.5 Å². The van der Waals surface area contributed by atoms with Gasteiger partial charge >= 0.3 is 0 Å². The maximum atomic E-state index is 6.42. The van der Waals surface area contributed by atoms with Crippen molar-refractivity contribution in [3.63, 3.8) is 0 Å². The van der Waals surface area contributed by atoms with Crippen molar-refractivity contribution in [3.05, 3.63) is 65.2 Å². The van der Waals surface area contributed by atoms with E-state index >= 15 is 0 Å². The van der Waals surface area contributed by atoms with Crippen LogP contribution in [0.5, 0.6) is 5.75 Å². The van der Waals surface area contributed by atoms with E-state index in [1.807, 2.05) is 31.2 Å². The number of para-hydroxylation sites is 1. The van der Waals surface area contributed by atoms with Crippen LogP contribution < -0.4 is 10.5 Å². The fraction of sp³-hybridized carbons (Fsp3) is 0.368. The number of rotatable bonds is 6. The molecule has 2 N–H and O–H groups in total. The molecule has 2 aromatic rings. The molecule has 0 aliphatic rings. The number of ether oxygens (including phenoxy) is 1. The molecular weight excluding hydrogens is 258 g/mol. The van der Waals surface area contributed by atoms with Gasteiger partial charge in [-0.1, -0.05) is 56.3 Å². The van der Waals surface area contributed by atoms with Crippen LogP contribution in [0.3, 0.4) is 0 Å². The first-order valence-corrected chi connectivity index (χ1v) is 7.68. The maximum absolute atomic E-state index is 6.42. The van der Waals surface area contributed by atoms with Crippen LogP contribution in [-0.4, -0.2) is 6.61 Å². The zero-order valence-electron chi connectivity index (χ0n) is 13.2. The normalized spacial score (nSPS) is 12.4. The van der Waals surface area contributed by atoms with Crippen molar-refractivity contribution in [2.45, 2.75) is 33.2 Å². The molecule has 1 atom stereocenters. The van der Waals surface area contributed by atoms with Crippen molar-refractivity contribution in [1.82, 2.24) is 0 Å². The summed E-state index contributed by atoms with van der Waals surface area (Å²) in [5.41, 5.74) is 9.94. The Morgan fingerprint density at radius 1 is 1.00 bits per heavy atom. The topological polar surface area (TPSA) is 35.2 Å². The third kappa shape index (κ3) is 4.08. The van der Waals surface area contributed by atoms with Gasteiger partial charge < -0.3 is 10.5 Å².